The first-order valence-corrected chi connectivity index (χ1v) is 8.53. The van der Waals surface area contributed by atoms with E-state index < -0.39 is 0 Å². The minimum absolute atomic E-state index is 0.0777. The molecule has 1 fully saturated rings. The lowest BCUT2D eigenvalue weighted by Gasteiger charge is -2.17. The number of hydrogen-bond donors (Lipinski definition) is 1. The fourth-order valence-electron chi connectivity index (χ4n) is 3.21. The normalized spacial score (nSPS) is 20.0. The molecule has 3 rings (SSSR count). The van der Waals surface area contributed by atoms with Crippen LogP contribution in [0.2, 0.25) is 0 Å². The molecule has 134 valence electrons. The van der Waals surface area contributed by atoms with Gasteiger partial charge in [-0.2, -0.15) is 5.10 Å². The Hall–Kier alpha value is -2.48. The van der Waals surface area contributed by atoms with Gasteiger partial charge in [0.25, 0.3) is 0 Å². The zero-order valence-electron chi connectivity index (χ0n) is 14.4. The van der Waals surface area contributed by atoms with Gasteiger partial charge in [0.2, 0.25) is 5.91 Å². The second kappa shape index (κ2) is 8.57. The number of amides is 1. The summed E-state index contributed by atoms with van der Waals surface area (Å²) in [6.07, 6.45) is 9.58. The predicted molar refractivity (Wildman–Crippen MR) is 93.0 cm³/mol. The number of hydrogen-bond acceptors (Lipinski definition) is 6. The molecule has 2 aromatic heterocycles. The van der Waals surface area contributed by atoms with Crippen molar-refractivity contribution < 1.29 is 9.53 Å². The fourth-order valence-corrected chi connectivity index (χ4v) is 3.21. The van der Waals surface area contributed by atoms with Crippen LogP contribution < -0.4 is 10.2 Å². The van der Waals surface area contributed by atoms with Gasteiger partial charge in [-0.05, 0) is 12.5 Å². The summed E-state index contributed by atoms with van der Waals surface area (Å²) in [4.78, 5) is 23.2. The molecule has 0 bridgehead atoms. The van der Waals surface area contributed by atoms with Crippen LogP contribution in [-0.2, 0) is 16.1 Å². The lowest BCUT2D eigenvalue weighted by Crippen LogP contribution is -2.37. The molecule has 8 heteroatoms. The van der Waals surface area contributed by atoms with E-state index in [9.17, 15) is 4.79 Å². The van der Waals surface area contributed by atoms with Crippen molar-refractivity contribution in [2.24, 2.45) is 11.8 Å². The maximum Gasteiger partial charge on any atom is 0.225 e. The monoisotopic (exact) mass is 344 g/mol. The summed E-state index contributed by atoms with van der Waals surface area (Å²) in [5.74, 6) is 0.927. The third kappa shape index (κ3) is 4.54. The number of aromatic nitrogens is 4. The van der Waals surface area contributed by atoms with Gasteiger partial charge in [-0.3, -0.25) is 14.5 Å². The summed E-state index contributed by atoms with van der Waals surface area (Å²) in [6.45, 7) is 3.38. The van der Waals surface area contributed by atoms with Crippen LogP contribution in [0.3, 0.4) is 0 Å². The molecule has 0 unspecified atom stereocenters. The van der Waals surface area contributed by atoms with Crippen LogP contribution in [0.25, 0.3) is 0 Å². The summed E-state index contributed by atoms with van der Waals surface area (Å²) in [7, 11) is 1.67. The molecule has 0 saturated carbocycles. The van der Waals surface area contributed by atoms with Crippen LogP contribution in [0, 0.1) is 11.8 Å². The highest BCUT2D eigenvalue weighted by atomic mass is 16.5. The van der Waals surface area contributed by atoms with E-state index in [1.807, 2.05) is 16.9 Å². The van der Waals surface area contributed by atoms with Gasteiger partial charge >= 0.3 is 0 Å². The Bertz CT molecular complexity index is 648. The average molecular weight is 344 g/mol. The topological polar surface area (TPSA) is 85.2 Å². The summed E-state index contributed by atoms with van der Waals surface area (Å²) >= 11 is 0. The number of aryl methyl sites for hydroxylation is 1. The van der Waals surface area contributed by atoms with Gasteiger partial charge in [0.1, 0.15) is 5.82 Å². The summed E-state index contributed by atoms with van der Waals surface area (Å²) in [5.41, 5.74) is 0. The number of methoxy groups -OCH3 is 1. The molecule has 3 heterocycles. The molecule has 8 nitrogen and oxygen atoms in total. The minimum atomic E-state index is -0.105. The molecule has 25 heavy (non-hydrogen) atoms. The lowest BCUT2D eigenvalue weighted by molar-refractivity contribution is -0.126. The third-order valence-electron chi connectivity index (χ3n) is 4.45. The van der Waals surface area contributed by atoms with Gasteiger partial charge in [-0.25, -0.2) is 4.98 Å². The average Bonchev–Trinajstić information content (AvgIpc) is 3.29. The Morgan fingerprint density at radius 2 is 2.28 bits per heavy atom. The van der Waals surface area contributed by atoms with Crippen molar-refractivity contribution >= 4 is 11.7 Å². The Kier molecular flexibility index (Phi) is 5.95. The predicted octanol–water partition coefficient (Wildman–Crippen LogP) is 0.578. The largest absolute Gasteiger partial charge is 0.384 e. The van der Waals surface area contributed by atoms with Crippen LogP contribution in [-0.4, -0.2) is 59.0 Å². The van der Waals surface area contributed by atoms with Crippen molar-refractivity contribution in [3.63, 3.8) is 0 Å². The fraction of sp³-hybridized carbons (Fsp3) is 0.529. The van der Waals surface area contributed by atoms with E-state index in [-0.39, 0.29) is 17.7 Å². The maximum atomic E-state index is 12.6. The first-order chi connectivity index (χ1) is 12.3. The van der Waals surface area contributed by atoms with Gasteiger partial charge in [-0.1, -0.05) is 0 Å². The molecule has 0 aliphatic carbocycles. The Balaban J connectivity index is 1.52. The molecule has 1 amide bonds. The van der Waals surface area contributed by atoms with Crippen molar-refractivity contribution in [3.05, 3.63) is 37.1 Å². The Labute approximate surface area is 147 Å². The Morgan fingerprint density at radius 3 is 3.00 bits per heavy atom. The van der Waals surface area contributed by atoms with Crippen LogP contribution >= 0.6 is 0 Å². The summed E-state index contributed by atoms with van der Waals surface area (Å²) < 4.78 is 7.18. The molecule has 0 spiro atoms. The maximum absolute atomic E-state index is 12.6. The van der Waals surface area contributed by atoms with E-state index in [2.05, 4.69) is 25.3 Å². The number of carbonyl (C=O) groups excluding carboxylic acids is 1. The van der Waals surface area contributed by atoms with Gasteiger partial charge in [-0.15, -0.1) is 0 Å². The van der Waals surface area contributed by atoms with Crippen LogP contribution in [0.5, 0.6) is 0 Å². The van der Waals surface area contributed by atoms with Gasteiger partial charge in [0.05, 0.1) is 18.7 Å². The number of ether oxygens (including phenoxy) is 1. The molecule has 1 N–H and O–H groups in total. The molecule has 1 saturated heterocycles. The van der Waals surface area contributed by atoms with E-state index in [1.54, 1.807) is 31.9 Å². The second-order valence-electron chi connectivity index (χ2n) is 6.20. The van der Waals surface area contributed by atoms with Crippen molar-refractivity contribution in [2.45, 2.75) is 13.0 Å². The van der Waals surface area contributed by atoms with E-state index in [0.29, 0.717) is 19.7 Å². The van der Waals surface area contributed by atoms with Crippen LogP contribution in [0.4, 0.5) is 5.82 Å². The van der Waals surface area contributed by atoms with E-state index in [0.717, 1.165) is 25.3 Å². The van der Waals surface area contributed by atoms with Crippen molar-refractivity contribution in [2.75, 3.05) is 38.3 Å². The van der Waals surface area contributed by atoms with E-state index in [4.69, 9.17) is 4.74 Å². The zero-order valence-corrected chi connectivity index (χ0v) is 14.4. The van der Waals surface area contributed by atoms with E-state index in [1.165, 1.54) is 0 Å². The molecule has 2 atom stereocenters. The zero-order chi connectivity index (χ0) is 17.5. The number of carbonyl (C=O) groups is 1. The third-order valence-corrected chi connectivity index (χ3v) is 4.45. The van der Waals surface area contributed by atoms with Crippen molar-refractivity contribution in [3.8, 4) is 0 Å². The highest BCUT2D eigenvalue weighted by molar-refractivity contribution is 5.80. The van der Waals surface area contributed by atoms with Gasteiger partial charge in [0, 0.05) is 64.0 Å². The number of nitrogens with zero attached hydrogens (tertiary/aromatic N) is 5. The molecule has 1 aliphatic heterocycles. The SMILES string of the molecule is COC[C@@H]1CN(c2cnccn2)C[C@H]1C(=O)NCCCn1cccn1. The first kappa shape index (κ1) is 17.3. The molecule has 2 aromatic rings. The summed E-state index contributed by atoms with van der Waals surface area (Å²) in [6, 6.07) is 1.90. The number of rotatable bonds is 8. The van der Waals surface area contributed by atoms with Crippen molar-refractivity contribution in [1.29, 1.82) is 0 Å². The quantitative estimate of drug-likeness (QED) is 0.705. The molecule has 1 aliphatic rings. The highest BCUT2D eigenvalue weighted by Gasteiger charge is 2.38. The van der Waals surface area contributed by atoms with Crippen molar-refractivity contribution in [1.82, 2.24) is 25.1 Å². The highest BCUT2D eigenvalue weighted by Crippen LogP contribution is 2.27. The minimum Gasteiger partial charge on any atom is -0.384 e. The molecule has 0 aromatic carbocycles. The Morgan fingerprint density at radius 1 is 1.36 bits per heavy atom. The van der Waals surface area contributed by atoms with Gasteiger partial charge in [0.15, 0.2) is 0 Å². The molecular weight excluding hydrogens is 320 g/mol. The van der Waals surface area contributed by atoms with Gasteiger partial charge < -0.3 is 15.0 Å². The molecule has 0 radical (unpaired) electrons. The molecular formula is C17H24N6O2. The summed E-state index contributed by atoms with van der Waals surface area (Å²) in [5, 5.41) is 7.21. The van der Waals surface area contributed by atoms with Crippen LogP contribution in [0.1, 0.15) is 6.42 Å². The standard InChI is InChI=1S/C17H24N6O2/c1-25-13-14-11-22(16-10-18-6-7-19-16)12-15(14)17(24)20-4-2-8-23-9-3-5-21-23/h3,5-7,9-10,14-15H,2,4,8,11-13H2,1H3,(H,20,24)/t14-,15+/m0/s1. The number of nitrogens with one attached hydrogen (secondary N) is 1. The second-order valence-corrected chi connectivity index (χ2v) is 6.20. The van der Waals surface area contributed by atoms with Crippen LogP contribution in [0.15, 0.2) is 37.1 Å². The first-order valence-electron chi connectivity index (χ1n) is 8.53. The number of anilines is 1. The van der Waals surface area contributed by atoms with E-state index >= 15 is 0 Å². The smallest absolute Gasteiger partial charge is 0.225 e. The lowest BCUT2D eigenvalue weighted by atomic mass is 9.96.